The highest BCUT2D eigenvalue weighted by molar-refractivity contribution is 7.89. The number of anilines is 1. The number of carbonyl (C=O) groups is 3. The van der Waals surface area contributed by atoms with E-state index in [-0.39, 0.29) is 61.7 Å². The van der Waals surface area contributed by atoms with Crippen LogP contribution >= 0.6 is 0 Å². The average molecular weight is 604 g/mol. The van der Waals surface area contributed by atoms with Crippen LogP contribution in [0.1, 0.15) is 66.2 Å². The molecule has 0 atom stereocenters. The van der Waals surface area contributed by atoms with Crippen molar-refractivity contribution in [1.82, 2.24) is 14.6 Å². The number of ether oxygens (including phenoxy) is 1. The Morgan fingerprint density at radius 1 is 1.17 bits per heavy atom. The number of nitrogens with zero attached hydrogens (tertiary/aromatic N) is 4. The first-order valence-corrected chi connectivity index (χ1v) is 15.3. The molecule has 14 heteroatoms. The Bertz CT molecular complexity index is 1520. The third-order valence-electron chi connectivity index (χ3n) is 7.24. The molecule has 2 amide bonds. The maximum absolute atomic E-state index is 13.9. The van der Waals surface area contributed by atoms with Crippen LogP contribution in [0.25, 0.3) is 0 Å². The zero-order valence-corrected chi connectivity index (χ0v) is 23.9. The summed E-state index contributed by atoms with van der Waals surface area (Å²) in [5.74, 6) is -4.52. The first-order chi connectivity index (χ1) is 20.0. The number of likely N-dealkylation sites (tertiary alicyclic amines) is 1. The lowest BCUT2D eigenvalue weighted by Gasteiger charge is -2.33. The highest BCUT2D eigenvalue weighted by atomic mass is 32.2. The summed E-state index contributed by atoms with van der Waals surface area (Å²) in [5.41, 5.74) is 0.262. The summed E-state index contributed by atoms with van der Waals surface area (Å²) >= 11 is 0. The number of pyridine rings is 1. The van der Waals surface area contributed by atoms with E-state index in [2.05, 4.69) is 11.1 Å². The molecular weight excluding hydrogens is 572 g/mol. The molecule has 2 saturated heterocycles. The average Bonchev–Trinajstić information content (AvgIpc) is 2.95. The van der Waals surface area contributed by atoms with E-state index < -0.39 is 45.2 Å². The SMILES string of the molecule is CCOC(=O)c1cc(C#N)c(N2CCC(C(=O)NS(=O)(=O)Cc3ccc(F)cc3F)CC2)nc1CN1CCCCC1=O. The zero-order valence-electron chi connectivity index (χ0n) is 23.1. The Morgan fingerprint density at radius 2 is 1.90 bits per heavy atom. The van der Waals surface area contributed by atoms with Crippen molar-refractivity contribution < 1.29 is 36.3 Å². The molecule has 1 aromatic carbocycles. The van der Waals surface area contributed by atoms with Crippen molar-refractivity contribution in [3.05, 3.63) is 58.3 Å². The lowest BCUT2D eigenvalue weighted by atomic mass is 9.96. The first kappa shape index (κ1) is 30.8. The van der Waals surface area contributed by atoms with Crippen molar-refractivity contribution in [2.24, 2.45) is 5.92 Å². The number of hydrogen-bond acceptors (Lipinski definition) is 9. The molecule has 42 heavy (non-hydrogen) atoms. The normalized spacial score (nSPS) is 16.2. The van der Waals surface area contributed by atoms with E-state index in [0.717, 1.165) is 25.0 Å². The molecule has 0 saturated carbocycles. The van der Waals surface area contributed by atoms with Gasteiger partial charge >= 0.3 is 5.97 Å². The van der Waals surface area contributed by atoms with Crippen LogP contribution in [0.4, 0.5) is 14.6 Å². The van der Waals surface area contributed by atoms with Crippen molar-refractivity contribution >= 4 is 33.6 Å². The third kappa shape index (κ3) is 7.39. The smallest absolute Gasteiger partial charge is 0.340 e. The van der Waals surface area contributed by atoms with Crippen molar-refractivity contribution in [3.8, 4) is 6.07 Å². The van der Waals surface area contributed by atoms with Gasteiger partial charge in [0.25, 0.3) is 0 Å². The van der Waals surface area contributed by atoms with E-state index in [1.54, 1.807) is 16.7 Å². The number of benzene rings is 1. The summed E-state index contributed by atoms with van der Waals surface area (Å²) in [5, 5.41) is 9.85. The number of amides is 2. The number of nitriles is 1. The van der Waals surface area contributed by atoms with E-state index >= 15 is 0 Å². The largest absolute Gasteiger partial charge is 0.462 e. The van der Waals surface area contributed by atoms with Gasteiger partial charge in [0.15, 0.2) is 0 Å². The molecule has 3 heterocycles. The van der Waals surface area contributed by atoms with Gasteiger partial charge in [-0.15, -0.1) is 0 Å². The summed E-state index contributed by atoms with van der Waals surface area (Å²) in [6, 6.07) is 5.98. The highest BCUT2D eigenvalue weighted by Gasteiger charge is 2.31. The molecule has 1 aromatic heterocycles. The number of nitrogens with one attached hydrogen (secondary N) is 1. The monoisotopic (exact) mass is 603 g/mol. The predicted molar refractivity (Wildman–Crippen MR) is 146 cm³/mol. The van der Waals surface area contributed by atoms with Gasteiger partial charge in [-0.1, -0.05) is 6.07 Å². The summed E-state index contributed by atoms with van der Waals surface area (Å²) in [6.07, 6.45) is 2.49. The second-order valence-electron chi connectivity index (χ2n) is 10.2. The summed E-state index contributed by atoms with van der Waals surface area (Å²) in [4.78, 5) is 46.0. The van der Waals surface area contributed by atoms with Gasteiger partial charge in [0, 0.05) is 43.6 Å². The van der Waals surface area contributed by atoms with Crippen LogP contribution in [0, 0.1) is 28.9 Å². The van der Waals surface area contributed by atoms with Gasteiger partial charge in [0.1, 0.15) is 23.5 Å². The van der Waals surface area contributed by atoms with E-state index in [9.17, 15) is 36.8 Å². The van der Waals surface area contributed by atoms with E-state index in [4.69, 9.17) is 4.74 Å². The molecule has 2 aromatic rings. The maximum Gasteiger partial charge on any atom is 0.340 e. The van der Waals surface area contributed by atoms with Crippen molar-refractivity contribution in [3.63, 3.8) is 0 Å². The number of carbonyl (C=O) groups excluding carboxylic acids is 3. The Kier molecular flexibility index (Phi) is 9.72. The molecule has 2 aliphatic heterocycles. The van der Waals surface area contributed by atoms with Crippen LogP contribution in [0.2, 0.25) is 0 Å². The van der Waals surface area contributed by atoms with E-state index in [0.29, 0.717) is 30.5 Å². The standard InChI is InChI=1S/C28H31F2N5O6S/c1-2-41-28(38)22-13-20(15-31)26(32-24(22)16-35-10-4-3-5-25(35)36)34-11-8-18(9-12-34)27(37)33-42(39,40)17-19-6-7-21(29)14-23(19)30/h6-7,13-14,18H,2-5,8-12,16-17H2,1H3,(H,33,37). The molecular formula is C28H31F2N5O6S. The minimum absolute atomic E-state index is 0.0484. The Morgan fingerprint density at radius 3 is 2.55 bits per heavy atom. The summed E-state index contributed by atoms with van der Waals surface area (Å²) < 4.78 is 59.2. The fourth-order valence-electron chi connectivity index (χ4n) is 5.05. The first-order valence-electron chi connectivity index (χ1n) is 13.6. The van der Waals surface area contributed by atoms with Gasteiger partial charge in [-0.2, -0.15) is 5.26 Å². The maximum atomic E-state index is 13.9. The van der Waals surface area contributed by atoms with E-state index in [1.165, 1.54) is 6.07 Å². The fourth-order valence-corrected chi connectivity index (χ4v) is 6.24. The van der Waals surface area contributed by atoms with Gasteiger partial charge in [0.05, 0.1) is 35.7 Å². The van der Waals surface area contributed by atoms with Crippen LogP contribution < -0.4 is 9.62 Å². The van der Waals surface area contributed by atoms with Crippen LogP contribution in [0.5, 0.6) is 0 Å². The number of rotatable bonds is 9. The number of halogens is 2. The number of hydrogen-bond donors (Lipinski definition) is 1. The van der Waals surface area contributed by atoms with Crippen molar-refractivity contribution in [1.29, 1.82) is 5.26 Å². The van der Waals surface area contributed by atoms with E-state index in [1.807, 2.05) is 4.72 Å². The lowest BCUT2D eigenvalue weighted by molar-refractivity contribution is -0.134. The summed E-state index contributed by atoms with van der Waals surface area (Å²) in [6.45, 7) is 2.90. The Hall–Kier alpha value is -4.12. The molecule has 2 fully saturated rings. The molecule has 4 rings (SSSR count). The number of sulfonamides is 1. The van der Waals surface area contributed by atoms with Crippen LogP contribution in [0.3, 0.4) is 0 Å². The number of aromatic nitrogens is 1. The number of esters is 1. The van der Waals surface area contributed by atoms with Gasteiger partial charge in [-0.25, -0.2) is 27.0 Å². The quantitative estimate of drug-likeness (QED) is 0.427. The Balaban J connectivity index is 1.48. The molecule has 2 aliphatic rings. The van der Waals surface area contributed by atoms with Gasteiger partial charge < -0.3 is 14.5 Å². The van der Waals surface area contributed by atoms with Crippen molar-refractivity contribution in [2.75, 3.05) is 31.1 Å². The molecule has 1 N–H and O–H groups in total. The minimum Gasteiger partial charge on any atom is -0.462 e. The summed E-state index contributed by atoms with van der Waals surface area (Å²) in [7, 11) is -4.24. The van der Waals surface area contributed by atoms with Gasteiger partial charge in [-0.05, 0) is 44.7 Å². The second-order valence-corrected chi connectivity index (χ2v) is 11.9. The van der Waals surface area contributed by atoms with Crippen LogP contribution in [-0.2, 0) is 36.6 Å². The zero-order chi connectivity index (χ0) is 30.4. The molecule has 11 nitrogen and oxygen atoms in total. The Labute approximate surface area is 242 Å². The second kappa shape index (κ2) is 13.2. The van der Waals surface area contributed by atoms with Gasteiger partial charge in [-0.3, -0.25) is 14.3 Å². The topological polar surface area (TPSA) is 150 Å². The fraction of sp³-hybridized carbons (Fsp3) is 0.464. The van der Waals surface area contributed by atoms with Crippen LogP contribution in [-0.4, -0.2) is 62.3 Å². The lowest BCUT2D eigenvalue weighted by Crippen LogP contribution is -2.43. The molecule has 0 unspecified atom stereocenters. The third-order valence-corrected chi connectivity index (χ3v) is 8.44. The van der Waals surface area contributed by atoms with Crippen molar-refractivity contribution in [2.45, 2.75) is 51.3 Å². The molecule has 0 radical (unpaired) electrons. The molecule has 0 spiro atoms. The van der Waals surface area contributed by atoms with Crippen LogP contribution in [0.15, 0.2) is 24.3 Å². The van der Waals surface area contributed by atoms with Gasteiger partial charge in [0.2, 0.25) is 21.8 Å². The minimum atomic E-state index is -4.24. The molecule has 224 valence electrons. The predicted octanol–water partition coefficient (Wildman–Crippen LogP) is 2.78. The number of piperidine rings is 2. The highest BCUT2D eigenvalue weighted by Crippen LogP contribution is 2.28. The molecule has 0 bridgehead atoms. The molecule has 0 aliphatic carbocycles.